The number of anilines is 2. The van der Waals surface area contributed by atoms with Crippen molar-refractivity contribution in [2.45, 2.75) is 26.4 Å². The first kappa shape index (κ1) is 22.7. The van der Waals surface area contributed by atoms with Crippen LogP contribution in [-0.4, -0.2) is 32.4 Å². The van der Waals surface area contributed by atoms with Gasteiger partial charge in [-0.05, 0) is 69.3 Å². The third kappa shape index (κ3) is 5.66. The molecule has 0 atom stereocenters. The Bertz CT molecular complexity index is 1280. The number of nitrogens with one attached hydrogen (secondary N) is 2. The van der Waals surface area contributed by atoms with Crippen molar-refractivity contribution in [3.05, 3.63) is 90.9 Å². The summed E-state index contributed by atoms with van der Waals surface area (Å²) in [7, 11) is 0. The summed E-state index contributed by atoms with van der Waals surface area (Å²) in [5, 5.41) is 10.2. The van der Waals surface area contributed by atoms with E-state index >= 15 is 0 Å². The maximum Gasteiger partial charge on any atom is 0.412 e. The highest BCUT2D eigenvalue weighted by molar-refractivity contribution is 6.08. The Kier molecular flexibility index (Phi) is 6.40. The predicted octanol–water partition coefficient (Wildman–Crippen LogP) is 5.53. The van der Waals surface area contributed by atoms with Crippen LogP contribution in [0.4, 0.5) is 16.2 Å². The zero-order valence-corrected chi connectivity index (χ0v) is 19.1. The van der Waals surface area contributed by atoms with Crippen LogP contribution >= 0.6 is 0 Å². The minimum Gasteiger partial charge on any atom is -0.444 e. The van der Waals surface area contributed by atoms with Crippen LogP contribution in [-0.2, 0) is 4.74 Å². The van der Waals surface area contributed by atoms with Gasteiger partial charge in [0.1, 0.15) is 11.3 Å². The molecule has 2 aromatic heterocycles. The lowest BCUT2D eigenvalue weighted by atomic mass is 10.1. The number of amides is 2. The van der Waals surface area contributed by atoms with Gasteiger partial charge in [0.2, 0.25) is 0 Å². The molecule has 0 saturated heterocycles. The highest BCUT2D eigenvalue weighted by Gasteiger charge is 2.19. The molecule has 0 aliphatic carbocycles. The largest absolute Gasteiger partial charge is 0.444 e. The maximum absolute atomic E-state index is 13.2. The van der Waals surface area contributed by atoms with Crippen LogP contribution < -0.4 is 10.6 Å². The van der Waals surface area contributed by atoms with Crippen molar-refractivity contribution in [2.24, 2.45) is 0 Å². The molecule has 0 saturated carbocycles. The first-order valence-corrected chi connectivity index (χ1v) is 10.8. The summed E-state index contributed by atoms with van der Waals surface area (Å²) in [6, 6.07) is 20.0. The molecule has 0 bridgehead atoms. The summed E-state index contributed by atoms with van der Waals surface area (Å²) in [4.78, 5) is 29.3. The summed E-state index contributed by atoms with van der Waals surface area (Å²) in [6.45, 7) is 5.39. The monoisotopic (exact) mass is 455 g/mol. The number of pyridine rings is 1. The van der Waals surface area contributed by atoms with E-state index in [1.165, 1.54) is 0 Å². The lowest BCUT2D eigenvalue weighted by Gasteiger charge is -2.19. The van der Waals surface area contributed by atoms with Crippen LogP contribution in [0.3, 0.4) is 0 Å². The van der Waals surface area contributed by atoms with Crippen LogP contribution in [0.15, 0.2) is 85.3 Å². The molecule has 172 valence electrons. The van der Waals surface area contributed by atoms with E-state index in [-0.39, 0.29) is 5.91 Å². The number of rotatable bonds is 5. The van der Waals surface area contributed by atoms with E-state index in [0.717, 1.165) is 11.3 Å². The normalized spacial score (nSPS) is 11.0. The van der Waals surface area contributed by atoms with Crippen molar-refractivity contribution in [2.75, 3.05) is 10.6 Å². The molecule has 0 fully saturated rings. The van der Waals surface area contributed by atoms with Gasteiger partial charge in [-0.2, -0.15) is 5.10 Å². The van der Waals surface area contributed by atoms with Gasteiger partial charge >= 0.3 is 6.09 Å². The van der Waals surface area contributed by atoms with Gasteiger partial charge in [0.05, 0.1) is 11.3 Å². The van der Waals surface area contributed by atoms with Gasteiger partial charge in [0.15, 0.2) is 0 Å². The quantitative estimate of drug-likeness (QED) is 0.412. The van der Waals surface area contributed by atoms with Crippen LogP contribution in [0.1, 0.15) is 31.1 Å². The molecule has 0 aliphatic heterocycles. The van der Waals surface area contributed by atoms with Gasteiger partial charge in [-0.1, -0.05) is 18.2 Å². The van der Waals surface area contributed by atoms with E-state index in [1.807, 2.05) is 36.4 Å². The molecule has 0 radical (unpaired) electrons. The Morgan fingerprint density at radius 3 is 2.18 bits per heavy atom. The number of hydrogen-bond donors (Lipinski definition) is 2. The van der Waals surface area contributed by atoms with Gasteiger partial charge < -0.3 is 10.1 Å². The van der Waals surface area contributed by atoms with E-state index in [1.54, 1.807) is 74.4 Å². The second-order valence-electron chi connectivity index (χ2n) is 8.57. The van der Waals surface area contributed by atoms with Gasteiger partial charge in [-0.3, -0.25) is 15.1 Å². The molecule has 0 spiro atoms. The summed E-state index contributed by atoms with van der Waals surface area (Å²) < 4.78 is 6.93. The van der Waals surface area contributed by atoms with Crippen molar-refractivity contribution in [1.29, 1.82) is 0 Å². The minimum absolute atomic E-state index is 0.311. The molecule has 34 heavy (non-hydrogen) atoms. The first-order chi connectivity index (χ1) is 16.3. The summed E-state index contributed by atoms with van der Waals surface area (Å²) in [5.74, 6) is -0.311. The van der Waals surface area contributed by atoms with Crippen molar-refractivity contribution < 1.29 is 14.3 Å². The fourth-order valence-electron chi connectivity index (χ4n) is 3.23. The zero-order chi connectivity index (χ0) is 24.1. The fourth-order valence-corrected chi connectivity index (χ4v) is 3.23. The van der Waals surface area contributed by atoms with E-state index in [2.05, 4.69) is 20.7 Å². The Balaban J connectivity index is 1.55. The van der Waals surface area contributed by atoms with Gasteiger partial charge in [0.25, 0.3) is 5.91 Å². The van der Waals surface area contributed by atoms with Crippen molar-refractivity contribution in [3.8, 4) is 16.9 Å². The lowest BCUT2D eigenvalue weighted by molar-refractivity contribution is 0.0635. The fraction of sp³-hybridized carbons (Fsp3) is 0.154. The standard InChI is InChI=1S/C26H25N5O3/c1-26(2,3)34-25(33)29-20-13-11-19(12-14-20)28-24(32)22-17-31(21-9-5-4-6-10-21)30-23(22)18-8-7-15-27-16-18/h4-17H,1-3H3,(H,28,32)(H,29,33). The van der Waals surface area contributed by atoms with Gasteiger partial charge in [0, 0.05) is 35.5 Å². The molecular formula is C26H25N5O3. The summed E-state index contributed by atoms with van der Waals surface area (Å²) >= 11 is 0. The highest BCUT2D eigenvalue weighted by atomic mass is 16.6. The van der Waals surface area contributed by atoms with E-state index in [0.29, 0.717) is 22.6 Å². The molecule has 2 aromatic carbocycles. The lowest BCUT2D eigenvalue weighted by Crippen LogP contribution is -2.27. The number of para-hydroxylation sites is 1. The molecule has 8 nitrogen and oxygen atoms in total. The Morgan fingerprint density at radius 2 is 1.56 bits per heavy atom. The Morgan fingerprint density at radius 1 is 0.882 bits per heavy atom. The summed E-state index contributed by atoms with van der Waals surface area (Å²) in [6.07, 6.45) is 4.50. The second-order valence-corrected chi connectivity index (χ2v) is 8.57. The predicted molar refractivity (Wildman–Crippen MR) is 131 cm³/mol. The topological polar surface area (TPSA) is 98.1 Å². The average Bonchev–Trinajstić information content (AvgIpc) is 3.26. The molecule has 2 amide bonds. The summed E-state index contributed by atoms with van der Waals surface area (Å²) in [5.41, 5.74) is 3.05. The molecular weight excluding hydrogens is 430 g/mol. The van der Waals surface area contributed by atoms with Crippen LogP contribution in [0.25, 0.3) is 16.9 Å². The molecule has 8 heteroatoms. The van der Waals surface area contributed by atoms with Crippen LogP contribution in [0.5, 0.6) is 0 Å². The molecule has 0 aliphatic rings. The number of nitrogens with zero attached hydrogens (tertiary/aromatic N) is 3. The van der Waals surface area contributed by atoms with Gasteiger partial charge in [-0.15, -0.1) is 0 Å². The Hall–Kier alpha value is -4.46. The zero-order valence-electron chi connectivity index (χ0n) is 19.1. The van der Waals surface area contributed by atoms with E-state index < -0.39 is 11.7 Å². The average molecular weight is 456 g/mol. The highest BCUT2D eigenvalue weighted by Crippen LogP contribution is 2.24. The van der Waals surface area contributed by atoms with Crippen LogP contribution in [0, 0.1) is 0 Å². The maximum atomic E-state index is 13.2. The number of benzene rings is 2. The number of carbonyl (C=O) groups is 2. The van der Waals surface area contributed by atoms with Crippen molar-refractivity contribution >= 4 is 23.4 Å². The van der Waals surface area contributed by atoms with Crippen LogP contribution in [0.2, 0.25) is 0 Å². The van der Waals surface area contributed by atoms with Crippen molar-refractivity contribution in [1.82, 2.24) is 14.8 Å². The van der Waals surface area contributed by atoms with E-state index in [4.69, 9.17) is 4.74 Å². The molecule has 4 rings (SSSR count). The third-order valence-electron chi connectivity index (χ3n) is 4.70. The number of ether oxygens (including phenoxy) is 1. The molecule has 2 N–H and O–H groups in total. The van der Waals surface area contributed by atoms with Gasteiger partial charge in [-0.25, -0.2) is 9.48 Å². The second kappa shape index (κ2) is 9.58. The minimum atomic E-state index is -0.589. The molecule has 4 aromatic rings. The number of carbonyl (C=O) groups excluding carboxylic acids is 2. The Labute approximate surface area is 197 Å². The third-order valence-corrected chi connectivity index (χ3v) is 4.70. The van der Waals surface area contributed by atoms with Crippen molar-refractivity contribution in [3.63, 3.8) is 0 Å². The number of aromatic nitrogens is 3. The SMILES string of the molecule is CC(C)(C)OC(=O)Nc1ccc(NC(=O)c2cn(-c3ccccc3)nc2-c2cccnc2)cc1. The number of hydrogen-bond acceptors (Lipinski definition) is 5. The molecule has 0 unspecified atom stereocenters. The first-order valence-electron chi connectivity index (χ1n) is 10.8. The van der Waals surface area contributed by atoms with E-state index in [9.17, 15) is 9.59 Å². The molecule has 2 heterocycles. The smallest absolute Gasteiger partial charge is 0.412 e.